The maximum absolute atomic E-state index is 10.6. The second-order valence-corrected chi connectivity index (χ2v) is 7.87. The lowest BCUT2D eigenvalue weighted by Gasteiger charge is -2.17. The van der Waals surface area contributed by atoms with Gasteiger partial charge in [-0.2, -0.15) is 5.10 Å². The molecule has 0 bridgehead atoms. The third-order valence-electron chi connectivity index (χ3n) is 5.66. The minimum absolute atomic E-state index is 0.139. The second kappa shape index (κ2) is 7.87. The molecule has 1 aliphatic carbocycles. The van der Waals surface area contributed by atoms with Crippen molar-refractivity contribution in [3.8, 4) is 34.0 Å². The summed E-state index contributed by atoms with van der Waals surface area (Å²) in [4.78, 5) is 2.27. The van der Waals surface area contributed by atoms with Crippen molar-refractivity contribution in [2.45, 2.75) is 31.3 Å². The molecule has 8 heteroatoms. The predicted molar refractivity (Wildman–Crippen MR) is 113 cm³/mol. The fraction of sp³-hybridized carbons (Fsp3) is 0.364. The number of anilines is 1. The van der Waals surface area contributed by atoms with Gasteiger partial charge in [0.2, 0.25) is 5.88 Å². The number of hydrogen-bond acceptors (Lipinski definition) is 8. The Kier molecular flexibility index (Phi) is 4.92. The van der Waals surface area contributed by atoms with Crippen LogP contribution in [0.5, 0.6) is 11.6 Å². The summed E-state index contributed by atoms with van der Waals surface area (Å²) >= 11 is 0. The highest BCUT2D eigenvalue weighted by molar-refractivity contribution is 5.74. The summed E-state index contributed by atoms with van der Waals surface area (Å²) in [5.41, 5.74) is 2.91. The normalized spacial score (nSPS) is 18.6. The molecule has 2 aromatic heterocycles. The Bertz CT molecular complexity index is 1040. The smallest absolute Gasteiger partial charge is 0.233 e. The van der Waals surface area contributed by atoms with Crippen LogP contribution in [0.15, 0.2) is 42.6 Å². The highest BCUT2D eigenvalue weighted by Crippen LogP contribution is 2.33. The third kappa shape index (κ3) is 3.91. The monoisotopic (exact) mass is 404 g/mol. The van der Waals surface area contributed by atoms with Crippen LogP contribution in [0.2, 0.25) is 0 Å². The fourth-order valence-electron chi connectivity index (χ4n) is 3.86. The number of benzene rings is 1. The molecule has 5 rings (SSSR count). The molecule has 1 saturated carbocycles. The number of rotatable bonds is 6. The van der Waals surface area contributed by atoms with Crippen LogP contribution in [0.1, 0.15) is 19.3 Å². The molecule has 8 nitrogen and oxygen atoms in total. The van der Waals surface area contributed by atoms with Gasteiger partial charge in [0.25, 0.3) is 0 Å². The minimum Gasteiger partial charge on any atom is -0.507 e. The number of aromatic nitrogens is 4. The van der Waals surface area contributed by atoms with Crippen molar-refractivity contribution < 1.29 is 9.84 Å². The van der Waals surface area contributed by atoms with Crippen LogP contribution in [-0.2, 0) is 0 Å². The molecule has 0 amide bonds. The first-order chi connectivity index (χ1) is 14.7. The van der Waals surface area contributed by atoms with Crippen LogP contribution in [0.3, 0.4) is 0 Å². The summed E-state index contributed by atoms with van der Waals surface area (Å²) in [5.74, 6) is 1.44. The average molecular weight is 404 g/mol. The highest BCUT2D eigenvalue weighted by Gasteiger charge is 2.29. The van der Waals surface area contributed by atoms with Crippen molar-refractivity contribution in [1.29, 1.82) is 0 Å². The molecule has 1 unspecified atom stereocenters. The zero-order chi connectivity index (χ0) is 20.5. The van der Waals surface area contributed by atoms with E-state index in [9.17, 15) is 5.11 Å². The van der Waals surface area contributed by atoms with Gasteiger partial charge < -0.3 is 20.1 Å². The van der Waals surface area contributed by atoms with Crippen molar-refractivity contribution in [1.82, 2.24) is 25.7 Å². The van der Waals surface area contributed by atoms with Crippen LogP contribution in [0.4, 0.5) is 5.82 Å². The van der Waals surface area contributed by atoms with Crippen LogP contribution < -0.4 is 15.0 Å². The quantitative estimate of drug-likeness (QED) is 0.647. The fourth-order valence-corrected chi connectivity index (χ4v) is 3.86. The van der Waals surface area contributed by atoms with Gasteiger partial charge in [0, 0.05) is 42.4 Å². The lowest BCUT2D eigenvalue weighted by molar-refractivity contribution is 0.392. The molecule has 0 radical (unpaired) electrons. The molecule has 3 aromatic rings. The van der Waals surface area contributed by atoms with Gasteiger partial charge in [-0.1, -0.05) is 6.07 Å². The molecule has 30 heavy (non-hydrogen) atoms. The average Bonchev–Trinajstić information content (AvgIpc) is 3.48. The molecule has 2 fully saturated rings. The lowest BCUT2D eigenvalue weighted by atomic mass is 10.0. The number of nitrogens with zero attached hydrogens (tertiary/aromatic N) is 5. The van der Waals surface area contributed by atoms with E-state index >= 15 is 0 Å². The summed E-state index contributed by atoms with van der Waals surface area (Å²) in [5, 5.41) is 30.8. The number of methoxy groups -OCH3 is 1. The maximum atomic E-state index is 10.6. The number of phenols is 1. The maximum Gasteiger partial charge on any atom is 0.233 e. The van der Waals surface area contributed by atoms with Crippen molar-refractivity contribution in [2.75, 3.05) is 25.1 Å². The van der Waals surface area contributed by atoms with Crippen LogP contribution in [0, 0.1) is 0 Å². The van der Waals surface area contributed by atoms with Crippen LogP contribution in [-0.4, -0.2) is 57.8 Å². The van der Waals surface area contributed by atoms with Crippen LogP contribution in [0.25, 0.3) is 22.4 Å². The molecular formula is C22H24N6O2. The minimum atomic E-state index is 0.139. The van der Waals surface area contributed by atoms with Crippen molar-refractivity contribution in [3.63, 3.8) is 0 Å². The molecule has 154 valence electrons. The van der Waals surface area contributed by atoms with E-state index in [1.807, 2.05) is 24.3 Å². The Balaban J connectivity index is 1.31. The standard InChI is InChI=1S/C22H24N6O2/c1-30-22-11-15(12-23-27-22)14-2-5-18(20(29)10-14)19-6-7-21(26-25-19)28-9-8-17(13-28)24-16-3-4-16/h2,5-7,10-12,16-17,24,29H,3-4,8-9,13H2,1H3. The summed E-state index contributed by atoms with van der Waals surface area (Å²) in [6, 6.07) is 12.4. The molecule has 3 heterocycles. The van der Waals surface area contributed by atoms with E-state index in [-0.39, 0.29) is 5.75 Å². The van der Waals surface area contributed by atoms with Gasteiger partial charge in [0.1, 0.15) is 5.75 Å². The number of ether oxygens (including phenoxy) is 1. The molecule has 1 aromatic carbocycles. The highest BCUT2D eigenvalue weighted by atomic mass is 16.5. The summed E-state index contributed by atoms with van der Waals surface area (Å²) in [6.07, 6.45) is 5.38. The van der Waals surface area contributed by atoms with Gasteiger partial charge in [-0.3, -0.25) is 0 Å². The number of aromatic hydroxyl groups is 1. The molecule has 2 aliphatic rings. The van der Waals surface area contributed by atoms with Gasteiger partial charge in [-0.25, -0.2) is 0 Å². The van der Waals surface area contributed by atoms with Crippen molar-refractivity contribution in [3.05, 3.63) is 42.6 Å². The Labute approximate surface area is 174 Å². The first-order valence-electron chi connectivity index (χ1n) is 10.2. The van der Waals surface area contributed by atoms with Crippen LogP contribution >= 0.6 is 0 Å². The summed E-state index contributed by atoms with van der Waals surface area (Å²) in [7, 11) is 1.54. The van der Waals surface area contributed by atoms with E-state index in [0.29, 0.717) is 23.2 Å². The SMILES string of the molecule is COc1cc(-c2ccc(-c3ccc(N4CCC(NC5CC5)C4)nn3)c(O)c2)cnn1. The first-order valence-corrected chi connectivity index (χ1v) is 10.2. The Hall–Kier alpha value is -3.26. The number of phenolic OH excluding ortho intramolecular Hbond substituents is 1. The van der Waals surface area contributed by atoms with Gasteiger partial charge in [0.15, 0.2) is 5.82 Å². The number of hydrogen-bond donors (Lipinski definition) is 2. The van der Waals surface area contributed by atoms with Gasteiger partial charge in [-0.15, -0.1) is 15.3 Å². The van der Waals surface area contributed by atoms with Gasteiger partial charge in [0.05, 0.1) is 19.0 Å². The van der Waals surface area contributed by atoms with Gasteiger partial charge in [-0.05, 0) is 49.1 Å². The predicted octanol–water partition coefficient (Wildman–Crippen LogP) is 2.65. The Morgan fingerprint density at radius 2 is 1.90 bits per heavy atom. The summed E-state index contributed by atoms with van der Waals surface area (Å²) < 4.78 is 5.12. The zero-order valence-electron chi connectivity index (χ0n) is 16.8. The van der Waals surface area contributed by atoms with Crippen molar-refractivity contribution in [2.24, 2.45) is 0 Å². The summed E-state index contributed by atoms with van der Waals surface area (Å²) in [6.45, 7) is 1.95. The molecule has 0 spiro atoms. The molecular weight excluding hydrogens is 380 g/mol. The van der Waals surface area contributed by atoms with E-state index in [1.54, 1.807) is 25.4 Å². The molecule has 1 saturated heterocycles. The first kappa shape index (κ1) is 18.7. The van der Waals surface area contributed by atoms with E-state index in [1.165, 1.54) is 12.8 Å². The third-order valence-corrected chi connectivity index (χ3v) is 5.66. The van der Waals surface area contributed by atoms with E-state index in [2.05, 4.69) is 30.6 Å². The second-order valence-electron chi connectivity index (χ2n) is 7.87. The van der Waals surface area contributed by atoms with E-state index in [0.717, 1.165) is 42.5 Å². The van der Waals surface area contributed by atoms with E-state index < -0.39 is 0 Å². The topological polar surface area (TPSA) is 96.3 Å². The molecule has 1 atom stereocenters. The van der Waals surface area contributed by atoms with E-state index in [4.69, 9.17) is 4.74 Å². The molecule has 1 aliphatic heterocycles. The van der Waals surface area contributed by atoms with Crippen molar-refractivity contribution >= 4 is 5.82 Å². The Morgan fingerprint density at radius 1 is 1.00 bits per heavy atom. The largest absolute Gasteiger partial charge is 0.507 e. The molecule has 2 N–H and O–H groups in total. The van der Waals surface area contributed by atoms with Gasteiger partial charge >= 0.3 is 0 Å². The Morgan fingerprint density at radius 3 is 2.63 bits per heavy atom. The zero-order valence-corrected chi connectivity index (χ0v) is 16.8. The number of nitrogens with one attached hydrogen (secondary N) is 1. The lowest BCUT2D eigenvalue weighted by Crippen LogP contribution is -2.34.